The zero-order valence-corrected chi connectivity index (χ0v) is 27.4. The van der Waals surface area contributed by atoms with E-state index in [1.54, 1.807) is 0 Å². The van der Waals surface area contributed by atoms with Crippen LogP contribution in [0.4, 0.5) is 0 Å². The molecule has 0 spiro atoms. The molecular weight excluding hydrogens is 443 g/mol. The second kappa shape index (κ2) is 16.7. The first kappa shape index (κ1) is 34.7. The van der Waals surface area contributed by atoms with Crippen molar-refractivity contribution in [1.29, 1.82) is 0 Å². The number of unbranched alkanes of at least 4 members (excludes halogenated alkanes) is 4. The molecule has 216 valence electrons. The third kappa shape index (κ3) is 12.6. The fraction of sp³-hybridized carbons (Fsp3) is 0.917. The van der Waals surface area contributed by atoms with Crippen LogP contribution in [0.15, 0.2) is 11.5 Å². The van der Waals surface area contributed by atoms with Crippen LogP contribution in [0, 0.1) is 27.6 Å². The van der Waals surface area contributed by atoms with Gasteiger partial charge in [-0.15, -0.1) is 0 Å². The van der Waals surface area contributed by atoms with Crippen molar-refractivity contribution in [3.8, 4) is 0 Å². The van der Waals surface area contributed by atoms with Crippen LogP contribution in [0.2, 0.25) is 0 Å². The molecule has 1 heteroatoms. The van der Waals surface area contributed by atoms with Crippen molar-refractivity contribution >= 4 is 13.4 Å². The normalized spacial score (nSPS) is 27.3. The summed E-state index contributed by atoms with van der Waals surface area (Å²) in [6.07, 6.45) is 29.1. The average Bonchev–Trinajstić information content (AvgIpc) is 2.86. The van der Waals surface area contributed by atoms with Gasteiger partial charge in [-0.1, -0.05) is 47.0 Å². The molecule has 1 aliphatic rings. The Hall–Kier alpha value is -0.325. The van der Waals surface area contributed by atoms with E-state index >= 15 is 0 Å². The van der Waals surface area contributed by atoms with Crippen LogP contribution in [0.5, 0.6) is 0 Å². The molecule has 1 saturated carbocycles. The molecule has 4 unspecified atom stereocenters. The van der Waals surface area contributed by atoms with Gasteiger partial charge in [-0.05, 0) is 24.7 Å². The van der Waals surface area contributed by atoms with E-state index < -0.39 is 0 Å². The summed E-state index contributed by atoms with van der Waals surface area (Å²) in [5.74, 6) is 0.849. The van der Waals surface area contributed by atoms with Crippen LogP contribution < -0.4 is 0 Å². The maximum absolute atomic E-state index is 4.03. The first-order valence-electron chi connectivity index (χ1n) is 16.7. The third-order valence-electron chi connectivity index (χ3n) is 11.1. The summed E-state index contributed by atoms with van der Waals surface area (Å²) in [4.78, 5) is 0. The zero-order valence-electron chi connectivity index (χ0n) is 27.4. The number of hydrogen-bond donors (Lipinski definition) is 0. The Morgan fingerprint density at radius 2 is 1.49 bits per heavy atom. The quantitative estimate of drug-likeness (QED) is 0.126. The molecule has 0 radical (unpaired) electrons. The Bertz CT molecular complexity index is 660. The van der Waals surface area contributed by atoms with Gasteiger partial charge in [-0.3, -0.25) is 0 Å². The van der Waals surface area contributed by atoms with Crippen LogP contribution in [0.25, 0.3) is 0 Å². The molecule has 0 aromatic heterocycles. The molecule has 0 heterocycles. The van der Waals surface area contributed by atoms with Gasteiger partial charge in [-0.2, -0.15) is 0 Å². The van der Waals surface area contributed by atoms with Gasteiger partial charge in [-0.25, -0.2) is 0 Å². The van der Waals surface area contributed by atoms with E-state index in [2.05, 4.69) is 74.9 Å². The van der Waals surface area contributed by atoms with Crippen molar-refractivity contribution in [1.82, 2.24) is 0 Å². The van der Waals surface area contributed by atoms with Gasteiger partial charge in [0.15, 0.2) is 0 Å². The van der Waals surface area contributed by atoms with Crippen molar-refractivity contribution in [3.63, 3.8) is 0 Å². The van der Waals surface area contributed by atoms with Gasteiger partial charge < -0.3 is 0 Å². The van der Waals surface area contributed by atoms with E-state index in [-0.39, 0.29) is 0 Å². The van der Waals surface area contributed by atoms with Gasteiger partial charge in [0.05, 0.1) is 0 Å². The van der Waals surface area contributed by atoms with Crippen molar-refractivity contribution in [2.24, 2.45) is 27.6 Å². The van der Waals surface area contributed by atoms with Gasteiger partial charge >= 0.3 is 165 Å². The Morgan fingerprint density at radius 1 is 0.865 bits per heavy atom. The second-order valence-electron chi connectivity index (χ2n) is 15.0. The van der Waals surface area contributed by atoms with E-state index in [9.17, 15) is 0 Å². The van der Waals surface area contributed by atoms with Gasteiger partial charge in [0.1, 0.15) is 0 Å². The molecule has 37 heavy (non-hydrogen) atoms. The van der Waals surface area contributed by atoms with E-state index in [4.69, 9.17) is 0 Å². The predicted molar refractivity (Wildman–Crippen MR) is 173 cm³/mol. The Balaban J connectivity index is 2.63. The average molecular weight is 513 g/mol. The molecule has 4 atom stereocenters. The van der Waals surface area contributed by atoms with Gasteiger partial charge in [0.2, 0.25) is 0 Å². The van der Waals surface area contributed by atoms with Crippen LogP contribution in [0.3, 0.4) is 0 Å². The van der Waals surface area contributed by atoms with Crippen molar-refractivity contribution in [2.75, 3.05) is 0 Å². The maximum atomic E-state index is 4.03. The number of hydrogen-bond acceptors (Lipinski definition) is 0. The van der Waals surface area contributed by atoms with Crippen molar-refractivity contribution in [2.45, 2.75) is 184 Å². The van der Waals surface area contributed by atoms with Crippen LogP contribution in [-0.4, -0.2) is 13.4 Å². The standard InChI is InChI=1S/C36H69B/c1-11-14-27-36(13-3,30-32(5)37-10)28-17-15-16-25-35(9)26-21-20-24-34(8,29-31(35)4)23-19-18-22-33(6,7)12-2/h30-31H,10-29H2,1-9H3. The summed E-state index contributed by atoms with van der Waals surface area (Å²) in [6, 6.07) is 0. The predicted octanol–water partition coefficient (Wildman–Crippen LogP) is 12.2. The molecule has 0 aromatic rings. The molecule has 0 nitrogen and oxygen atoms in total. The summed E-state index contributed by atoms with van der Waals surface area (Å²) in [7, 11) is 0. The summed E-state index contributed by atoms with van der Waals surface area (Å²) < 4.78 is 0. The number of rotatable bonds is 18. The summed E-state index contributed by atoms with van der Waals surface area (Å²) in [6.45, 7) is 28.2. The Kier molecular flexibility index (Phi) is 15.7. The molecule has 0 aliphatic heterocycles. The fourth-order valence-corrected chi connectivity index (χ4v) is 7.32. The zero-order chi connectivity index (χ0) is 28.0. The van der Waals surface area contributed by atoms with E-state index in [1.807, 2.05) is 6.92 Å². The topological polar surface area (TPSA) is 0 Å². The minimum atomic E-state index is 0.389. The molecule has 1 rings (SSSR count). The Morgan fingerprint density at radius 3 is 2.11 bits per heavy atom. The molecular formula is C36H69B. The van der Waals surface area contributed by atoms with E-state index in [0.29, 0.717) is 21.7 Å². The van der Waals surface area contributed by atoms with Crippen LogP contribution >= 0.6 is 0 Å². The van der Waals surface area contributed by atoms with Crippen molar-refractivity contribution in [3.05, 3.63) is 11.5 Å². The fourth-order valence-electron chi connectivity index (χ4n) is 7.32. The first-order valence-corrected chi connectivity index (χ1v) is 16.7. The Labute approximate surface area is 236 Å². The third-order valence-corrected chi connectivity index (χ3v) is 11.1. The first-order chi connectivity index (χ1) is 17.4. The van der Waals surface area contributed by atoms with Crippen LogP contribution in [0.1, 0.15) is 184 Å². The monoisotopic (exact) mass is 513 g/mol. The number of allylic oxidation sites excluding steroid dienone is 2. The molecule has 0 amide bonds. The molecule has 1 fully saturated rings. The van der Waals surface area contributed by atoms with Gasteiger partial charge in [0, 0.05) is 0 Å². The van der Waals surface area contributed by atoms with E-state index in [0.717, 1.165) is 5.92 Å². The molecule has 0 N–H and O–H groups in total. The second-order valence-corrected chi connectivity index (χ2v) is 15.0. The molecule has 0 saturated heterocycles. The summed E-state index contributed by atoms with van der Waals surface area (Å²) in [5.41, 5.74) is 3.38. The van der Waals surface area contributed by atoms with Crippen LogP contribution in [-0.2, 0) is 0 Å². The summed E-state index contributed by atoms with van der Waals surface area (Å²) in [5, 5.41) is 0. The molecule has 0 bridgehead atoms. The van der Waals surface area contributed by atoms with E-state index in [1.165, 1.54) is 127 Å². The van der Waals surface area contributed by atoms with Crippen molar-refractivity contribution < 1.29 is 0 Å². The SMILES string of the molecule is C=BC(C)=CC(CC)(CCCC)CCCCCC1(C)CCCCC(C)(CCCCC(C)(C)CC)CC1C. The van der Waals surface area contributed by atoms with Gasteiger partial charge in [0.25, 0.3) is 0 Å². The molecule has 0 aromatic carbocycles. The summed E-state index contributed by atoms with van der Waals surface area (Å²) >= 11 is 0. The minimum absolute atomic E-state index is 0.389. The molecule has 1 aliphatic carbocycles.